The van der Waals surface area contributed by atoms with Gasteiger partial charge in [-0.05, 0) is 36.2 Å². The zero-order valence-corrected chi connectivity index (χ0v) is 14.3. The number of sulfonamides is 1. The van der Waals surface area contributed by atoms with Crippen molar-refractivity contribution in [3.63, 3.8) is 0 Å². The third-order valence-electron chi connectivity index (χ3n) is 3.51. The number of carbonyl (C=O) groups excluding carboxylic acids is 1. The van der Waals surface area contributed by atoms with Gasteiger partial charge < -0.3 is 10.1 Å². The summed E-state index contributed by atoms with van der Waals surface area (Å²) in [7, 11) is -0.849. The smallest absolute Gasteiger partial charge is 0.241 e. The standard InChI is InChI=1S/C17H20N2O4S/c1-18-17(20)16(12-13-6-4-3-5-7-13)19-24(21,22)15-10-8-14(23-2)9-11-15/h3-11,16,19H,12H2,1-2H3,(H,18,20). The van der Waals surface area contributed by atoms with Gasteiger partial charge in [0.1, 0.15) is 11.8 Å². The second-order valence-electron chi connectivity index (χ2n) is 5.15. The van der Waals surface area contributed by atoms with Gasteiger partial charge in [0, 0.05) is 7.05 Å². The number of amides is 1. The van der Waals surface area contributed by atoms with E-state index >= 15 is 0 Å². The molecule has 2 rings (SSSR count). The van der Waals surface area contributed by atoms with Crippen LogP contribution in [0.2, 0.25) is 0 Å². The summed E-state index contributed by atoms with van der Waals surface area (Å²) in [6.45, 7) is 0. The van der Waals surface area contributed by atoms with Crippen LogP contribution in [-0.4, -0.2) is 34.5 Å². The van der Waals surface area contributed by atoms with Crippen molar-refractivity contribution in [2.75, 3.05) is 14.2 Å². The molecule has 0 aliphatic carbocycles. The molecule has 0 heterocycles. The Morgan fingerprint density at radius 1 is 1.08 bits per heavy atom. The minimum absolute atomic E-state index is 0.0743. The third-order valence-corrected chi connectivity index (χ3v) is 5.00. The highest BCUT2D eigenvalue weighted by Crippen LogP contribution is 2.16. The molecule has 2 aromatic rings. The number of nitrogens with one attached hydrogen (secondary N) is 2. The molecule has 0 bridgehead atoms. The van der Waals surface area contributed by atoms with Gasteiger partial charge in [-0.1, -0.05) is 30.3 Å². The summed E-state index contributed by atoms with van der Waals surface area (Å²) in [6, 6.07) is 14.3. The van der Waals surface area contributed by atoms with Gasteiger partial charge >= 0.3 is 0 Å². The molecule has 0 saturated heterocycles. The molecule has 6 nitrogen and oxygen atoms in total. The molecule has 24 heavy (non-hydrogen) atoms. The summed E-state index contributed by atoms with van der Waals surface area (Å²) in [5.41, 5.74) is 0.864. The molecule has 0 aliphatic rings. The summed E-state index contributed by atoms with van der Waals surface area (Å²) in [5, 5.41) is 2.49. The van der Waals surface area contributed by atoms with Crippen LogP contribution in [0.5, 0.6) is 5.75 Å². The van der Waals surface area contributed by atoms with Gasteiger partial charge in [0.25, 0.3) is 0 Å². The lowest BCUT2D eigenvalue weighted by molar-refractivity contribution is -0.122. The molecular weight excluding hydrogens is 328 g/mol. The van der Waals surface area contributed by atoms with Crippen LogP contribution < -0.4 is 14.8 Å². The molecule has 1 amide bonds. The fraction of sp³-hybridized carbons (Fsp3) is 0.235. The van der Waals surface area contributed by atoms with Gasteiger partial charge in [0.15, 0.2) is 0 Å². The fourth-order valence-corrected chi connectivity index (χ4v) is 3.42. The van der Waals surface area contributed by atoms with Gasteiger partial charge in [-0.3, -0.25) is 4.79 Å². The van der Waals surface area contributed by atoms with E-state index in [4.69, 9.17) is 4.74 Å². The van der Waals surface area contributed by atoms with Crippen LogP contribution in [-0.2, 0) is 21.2 Å². The first-order valence-corrected chi connectivity index (χ1v) is 8.86. The zero-order valence-electron chi connectivity index (χ0n) is 13.5. The Kier molecular flexibility index (Phi) is 5.94. The predicted octanol–water partition coefficient (Wildman–Crippen LogP) is 1.33. The van der Waals surface area contributed by atoms with Crippen molar-refractivity contribution in [1.29, 1.82) is 0 Å². The average Bonchev–Trinajstić information content (AvgIpc) is 2.61. The first-order chi connectivity index (χ1) is 11.5. The van der Waals surface area contributed by atoms with Crippen molar-refractivity contribution in [2.24, 2.45) is 0 Å². The lowest BCUT2D eigenvalue weighted by Gasteiger charge is -2.17. The lowest BCUT2D eigenvalue weighted by Crippen LogP contribution is -2.46. The van der Waals surface area contributed by atoms with Crippen LogP contribution in [0, 0.1) is 0 Å². The van der Waals surface area contributed by atoms with Gasteiger partial charge in [-0.2, -0.15) is 4.72 Å². The molecule has 7 heteroatoms. The van der Waals surface area contributed by atoms with Crippen LogP contribution in [0.25, 0.3) is 0 Å². The Bertz CT molecular complexity index is 774. The molecule has 0 aliphatic heterocycles. The predicted molar refractivity (Wildman–Crippen MR) is 91.3 cm³/mol. The highest BCUT2D eigenvalue weighted by molar-refractivity contribution is 7.89. The maximum Gasteiger partial charge on any atom is 0.241 e. The first-order valence-electron chi connectivity index (χ1n) is 7.38. The minimum Gasteiger partial charge on any atom is -0.497 e. The zero-order chi connectivity index (χ0) is 17.6. The quantitative estimate of drug-likeness (QED) is 0.791. The van der Waals surface area contributed by atoms with Gasteiger partial charge in [-0.25, -0.2) is 8.42 Å². The van der Waals surface area contributed by atoms with Crippen molar-refractivity contribution in [3.8, 4) is 5.75 Å². The van der Waals surface area contributed by atoms with E-state index in [9.17, 15) is 13.2 Å². The van der Waals surface area contributed by atoms with Crippen LogP contribution in [0.15, 0.2) is 59.5 Å². The normalized spacial score (nSPS) is 12.4. The van der Waals surface area contributed by atoms with E-state index in [-0.39, 0.29) is 11.3 Å². The van der Waals surface area contributed by atoms with Gasteiger partial charge in [0.2, 0.25) is 15.9 Å². The van der Waals surface area contributed by atoms with Gasteiger partial charge in [-0.15, -0.1) is 0 Å². The maximum absolute atomic E-state index is 12.5. The Hall–Kier alpha value is -2.38. The fourth-order valence-electron chi connectivity index (χ4n) is 2.22. The number of likely N-dealkylation sites (N-methyl/N-ethyl adjacent to an activating group) is 1. The summed E-state index contributed by atoms with van der Waals surface area (Å²) in [6.07, 6.45) is 0.260. The molecule has 0 aromatic heterocycles. The Labute approximate surface area is 141 Å². The second-order valence-corrected chi connectivity index (χ2v) is 6.87. The maximum atomic E-state index is 12.5. The van der Waals surface area contributed by atoms with E-state index < -0.39 is 22.0 Å². The molecule has 0 spiro atoms. The summed E-state index contributed by atoms with van der Waals surface area (Å²) in [4.78, 5) is 12.1. The highest BCUT2D eigenvalue weighted by atomic mass is 32.2. The van der Waals surface area contributed by atoms with Crippen LogP contribution in [0.1, 0.15) is 5.56 Å². The topological polar surface area (TPSA) is 84.5 Å². The van der Waals surface area contributed by atoms with E-state index in [1.54, 1.807) is 12.1 Å². The van der Waals surface area contributed by atoms with Gasteiger partial charge in [0.05, 0.1) is 12.0 Å². The van der Waals surface area contributed by atoms with Crippen molar-refractivity contribution in [1.82, 2.24) is 10.0 Å². The number of benzene rings is 2. The summed E-state index contributed by atoms with van der Waals surface area (Å²) >= 11 is 0. The number of hydrogen-bond donors (Lipinski definition) is 2. The van der Waals surface area contributed by atoms with Crippen molar-refractivity contribution in [3.05, 3.63) is 60.2 Å². The van der Waals surface area contributed by atoms with E-state index in [0.717, 1.165) is 5.56 Å². The summed E-state index contributed by atoms with van der Waals surface area (Å²) < 4.78 is 32.5. The Balaban J connectivity index is 2.22. The molecule has 0 radical (unpaired) electrons. The van der Waals surface area contributed by atoms with E-state index in [1.807, 2.05) is 30.3 Å². The van der Waals surface area contributed by atoms with Crippen molar-refractivity contribution < 1.29 is 17.9 Å². The third kappa shape index (κ3) is 4.56. The number of ether oxygens (including phenoxy) is 1. The second kappa shape index (κ2) is 7.94. The summed E-state index contributed by atoms with van der Waals surface area (Å²) in [5.74, 6) is 0.164. The lowest BCUT2D eigenvalue weighted by atomic mass is 10.1. The molecule has 1 atom stereocenters. The molecule has 128 valence electrons. The van der Waals surface area contributed by atoms with Crippen LogP contribution >= 0.6 is 0 Å². The highest BCUT2D eigenvalue weighted by Gasteiger charge is 2.25. The number of rotatable bonds is 7. The molecule has 0 saturated carbocycles. The van der Waals surface area contributed by atoms with Crippen molar-refractivity contribution >= 4 is 15.9 Å². The largest absolute Gasteiger partial charge is 0.497 e. The van der Waals surface area contributed by atoms with Crippen LogP contribution in [0.3, 0.4) is 0 Å². The Morgan fingerprint density at radius 3 is 2.25 bits per heavy atom. The van der Waals surface area contributed by atoms with Crippen LogP contribution in [0.4, 0.5) is 0 Å². The first kappa shape index (κ1) is 18.0. The molecular formula is C17H20N2O4S. The Morgan fingerprint density at radius 2 is 1.71 bits per heavy atom. The number of carbonyl (C=O) groups is 1. The molecule has 2 N–H and O–H groups in total. The minimum atomic E-state index is -3.83. The van der Waals surface area contributed by atoms with Crippen molar-refractivity contribution in [2.45, 2.75) is 17.4 Å². The molecule has 2 aromatic carbocycles. The molecule has 0 fully saturated rings. The SMILES string of the molecule is CNC(=O)C(Cc1ccccc1)NS(=O)(=O)c1ccc(OC)cc1. The van der Waals surface area contributed by atoms with E-state index in [0.29, 0.717) is 5.75 Å². The monoisotopic (exact) mass is 348 g/mol. The number of hydrogen-bond acceptors (Lipinski definition) is 4. The van der Waals surface area contributed by atoms with E-state index in [2.05, 4.69) is 10.0 Å². The van der Waals surface area contributed by atoms with E-state index in [1.165, 1.54) is 26.3 Å². The molecule has 1 unspecified atom stereocenters. The number of methoxy groups -OCH3 is 1. The average molecular weight is 348 g/mol.